The van der Waals surface area contributed by atoms with Crippen LogP contribution in [-0.4, -0.2) is 42.6 Å². The molecule has 1 aliphatic carbocycles. The van der Waals surface area contributed by atoms with Crippen LogP contribution >= 0.6 is 0 Å². The summed E-state index contributed by atoms with van der Waals surface area (Å²) in [5.74, 6) is 0. The van der Waals surface area contributed by atoms with Crippen molar-refractivity contribution in [2.75, 3.05) is 13.6 Å². The maximum atomic E-state index is 12.6. The van der Waals surface area contributed by atoms with E-state index in [9.17, 15) is 8.42 Å². The van der Waals surface area contributed by atoms with Crippen LogP contribution in [0.2, 0.25) is 0 Å². The largest absolute Gasteiger partial charge is 0.316 e. The highest BCUT2D eigenvalue weighted by atomic mass is 32.2. The summed E-state index contributed by atoms with van der Waals surface area (Å²) in [4.78, 5) is 0. The fourth-order valence-electron chi connectivity index (χ4n) is 2.13. The zero-order valence-electron chi connectivity index (χ0n) is 11.0. The molecule has 1 aromatic rings. The first-order valence-electron chi connectivity index (χ1n) is 6.22. The molecule has 0 amide bonds. The minimum atomic E-state index is -3.47. The molecule has 1 aromatic heterocycles. The lowest BCUT2D eigenvalue weighted by molar-refractivity contribution is 0.418. The molecule has 0 saturated heterocycles. The summed E-state index contributed by atoms with van der Waals surface area (Å²) >= 11 is 0. The number of nitrogens with zero attached hydrogens (tertiary/aromatic N) is 2. The lowest BCUT2D eigenvalue weighted by Crippen LogP contribution is -2.34. The van der Waals surface area contributed by atoms with Crippen LogP contribution in [0.4, 0.5) is 0 Å². The second-order valence-corrected chi connectivity index (χ2v) is 6.41. The number of hydrogen-bond acceptors (Lipinski definition) is 4. The Morgan fingerprint density at radius 2 is 2.17 bits per heavy atom. The second-order valence-electron chi connectivity index (χ2n) is 4.60. The summed E-state index contributed by atoms with van der Waals surface area (Å²) in [5.41, 5.74) is 1.53. The number of H-pyrrole nitrogens is 1. The molecule has 0 atom stereocenters. The van der Waals surface area contributed by atoms with Gasteiger partial charge in [0.15, 0.2) is 5.03 Å². The van der Waals surface area contributed by atoms with Crippen molar-refractivity contribution in [3.05, 3.63) is 11.3 Å². The predicted molar refractivity (Wildman–Crippen MR) is 68.7 cm³/mol. The summed E-state index contributed by atoms with van der Waals surface area (Å²) < 4.78 is 26.7. The minimum absolute atomic E-state index is 0.166. The van der Waals surface area contributed by atoms with E-state index in [0.717, 1.165) is 24.1 Å². The zero-order chi connectivity index (χ0) is 13.3. The van der Waals surface area contributed by atoms with Gasteiger partial charge in [-0.2, -0.15) is 9.40 Å². The Bertz CT molecular complexity index is 519. The van der Waals surface area contributed by atoms with Crippen molar-refractivity contribution >= 4 is 10.0 Å². The van der Waals surface area contributed by atoms with Crippen molar-refractivity contribution in [3.63, 3.8) is 0 Å². The van der Waals surface area contributed by atoms with Crippen molar-refractivity contribution in [1.82, 2.24) is 19.8 Å². The average Bonchev–Trinajstić information content (AvgIpc) is 3.06. The van der Waals surface area contributed by atoms with Gasteiger partial charge >= 0.3 is 0 Å². The van der Waals surface area contributed by atoms with Gasteiger partial charge in [0, 0.05) is 30.4 Å². The van der Waals surface area contributed by atoms with Crippen molar-refractivity contribution in [2.24, 2.45) is 0 Å². The number of aryl methyl sites for hydroxylation is 1. The molecule has 0 aliphatic heterocycles. The molecule has 0 unspecified atom stereocenters. The fourth-order valence-corrected chi connectivity index (χ4v) is 3.99. The first-order chi connectivity index (χ1) is 8.52. The molecular weight excluding hydrogens is 252 g/mol. The molecule has 1 heterocycles. The number of hydrogen-bond donors (Lipinski definition) is 2. The molecule has 1 fully saturated rings. The van der Waals surface area contributed by atoms with E-state index in [2.05, 4.69) is 15.5 Å². The van der Waals surface area contributed by atoms with Gasteiger partial charge in [0.2, 0.25) is 0 Å². The van der Waals surface area contributed by atoms with Gasteiger partial charge in [-0.1, -0.05) is 6.92 Å². The van der Waals surface area contributed by atoms with Gasteiger partial charge in [0.1, 0.15) is 0 Å². The Labute approximate surface area is 108 Å². The predicted octanol–water partition coefficient (Wildman–Crippen LogP) is 0.611. The molecule has 0 bridgehead atoms. The van der Waals surface area contributed by atoms with Gasteiger partial charge in [0.05, 0.1) is 0 Å². The lowest BCUT2D eigenvalue weighted by atomic mass is 10.3. The number of aromatic nitrogens is 2. The van der Waals surface area contributed by atoms with E-state index in [1.54, 1.807) is 11.4 Å². The van der Waals surface area contributed by atoms with Gasteiger partial charge in [-0.25, -0.2) is 8.42 Å². The maximum Gasteiger partial charge on any atom is 0.262 e. The van der Waals surface area contributed by atoms with Crippen LogP contribution in [0.3, 0.4) is 0 Å². The lowest BCUT2D eigenvalue weighted by Gasteiger charge is -2.19. The summed E-state index contributed by atoms with van der Waals surface area (Å²) in [7, 11) is -1.68. The molecule has 2 rings (SSSR count). The second kappa shape index (κ2) is 4.99. The molecule has 6 nitrogen and oxygen atoms in total. The van der Waals surface area contributed by atoms with E-state index >= 15 is 0 Å². The van der Waals surface area contributed by atoms with Crippen molar-refractivity contribution in [2.45, 2.75) is 44.3 Å². The monoisotopic (exact) mass is 272 g/mol. The number of sulfonamides is 1. The van der Waals surface area contributed by atoms with E-state index in [1.165, 1.54) is 0 Å². The SMILES string of the molecule is CCN(C1CC1)S(=O)(=O)c1n[nH]c(C)c1CNC. The fraction of sp³-hybridized carbons (Fsp3) is 0.727. The highest BCUT2D eigenvalue weighted by Gasteiger charge is 2.39. The third kappa shape index (κ3) is 2.30. The van der Waals surface area contributed by atoms with Crippen LogP contribution in [-0.2, 0) is 16.6 Å². The third-order valence-corrected chi connectivity index (χ3v) is 5.21. The van der Waals surface area contributed by atoms with Crippen LogP contribution in [0, 0.1) is 6.92 Å². The van der Waals surface area contributed by atoms with E-state index in [1.807, 2.05) is 13.8 Å². The molecule has 2 N–H and O–H groups in total. The van der Waals surface area contributed by atoms with Gasteiger partial charge in [-0.05, 0) is 26.8 Å². The molecule has 18 heavy (non-hydrogen) atoms. The molecular formula is C11H20N4O2S. The normalized spacial score (nSPS) is 16.4. The Balaban J connectivity index is 2.40. The van der Waals surface area contributed by atoms with Crippen LogP contribution in [0.1, 0.15) is 31.0 Å². The Kier molecular flexibility index (Phi) is 3.74. The Morgan fingerprint density at radius 1 is 1.50 bits per heavy atom. The number of rotatable bonds is 6. The third-order valence-electron chi connectivity index (χ3n) is 3.21. The van der Waals surface area contributed by atoms with Gasteiger partial charge in [-0.3, -0.25) is 5.10 Å². The van der Waals surface area contributed by atoms with Gasteiger partial charge in [0.25, 0.3) is 10.0 Å². The summed E-state index contributed by atoms with van der Waals surface area (Å²) in [5, 5.41) is 9.91. The van der Waals surface area contributed by atoms with Crippen molar-refractivity contribution in [1.29, 1.82) is 0 Å². The van der Waals surface area contributed by atoms with Crippen LogP contribution in [0.25, 0.3) is 0 Å². The molecule has 0 spiro atoms. The standard InChI is InChI=1S/C11H20N4O2S/c1-4-15(9-5-6-9)18(16,17)11-10(7-12-3)8(2)13-14-11/h9,12H,4-7H2,1-3H3,(H,13,14). The van der Waals surface area contributed by atoms with E-state index in [4.69, 9.17) is 0 Å². The first-order valence-corrected chi connectivity index (χ1v) is 7.66. The quantitative estimate of drug-likeness (QED) is 0.795. The van der Waals surface area contributed by atoms with Gasteiger partial charge in [-0.15, -0.1) is 0 Å². The van der Waals surface area contributed by atoms with Crippen LogP contribution < -0.4 is 5.32 Å². The zero-order valence-corrected chi connectivity index (χ0v) is 11.8. The molecule has 102 valence electrons. The molecule has 1 aliphatic rings. The van der Waals surface area contributed by atoms with E-state index in [0.29, 0.717) is 13.1 Å². The first kappa shape index (κ1) is 13.5. The van der Waals surface area contributed by atoms with E-state index < -0.39 is 10.0 Å². The highest BCUT2D eigenvalue weighted by molar-refractivity contribution is 7.89. The topological polar surface area (TPSA) is 78.1 Å². The smallest absolute Gasteiger partial charge is 0.262 e. The average molecular weight is 272 g/mol. The van der Waals surface area contributed by atoms with Crippen molar-refractivity contribution in [3.8, 4) is 0 Å². The molecule has 0 aromatic carbocycles. The van der Waals surface area contributed by atoms with Gasteiger partial charge < -0.3 is 5.32 Å². The molecule has 0 radical (unpaired) electrons. The summed E-state index contributed by atoms with van der Waals surface area (Å²) in [6, 6.07) is 0.166. The summed E-state index contributed by atoms with van der Waals surface area (Å²) in [6.45, 7) is 4.70. The Morgan fingerprint density at radius 3 is 2.67 bits per heavy atom. The molecule has 1 saturated carbocycles. The van der Waals surface area contributed by atoms with Crippen LogP contribution in [0.15, 0.2) is 5.03 Å². The molecule has 7 heteroatoms. The number of aromatic amines is 1. The van der Waals surface area contributed by atoms with Crippen LogP contribution in [0.5, 0.6) is 0 Å². The maximum absolute atomic E-state index is 12.6. The van der Waals surface area contributed by atoms with E-state index in [-0.39, 0.29) is 11.1 Å². The minimum Gasteiger partial charge on any atom is -0.316 e. The van der Waals surface area contributed by atoms with Crippen molar-refractivity contribution < 1.29 is 8.42 Å². The summed E-state index contributed by atoms with van der Waals surface area (Å²) in [6.07, 6.45) is 1.91. The highest BCUT2D eigenvalue weighted by Crippen LogP contribution is 2.32. The number of nitrogens with one attached hydrogen (secondary N) is 2. The Hall–Kier alpha value is -0.920.